The first-order chi connectivity index (χ1) is 10.8. The van der Waals surface area contributed by atoms with Gasteiger partial charge in [0.05, 0.1) is 18.8 Å². The molecule has 0 bridgehead atoms. The minimum atomic E-state index is -0.0649. The highest BCUT2D eigenvalue weighted by Gasteiger charge is 2.58. The van der Waals surface area contributed by atoms with Crippen molar-refractivity contribution in [2.75, 3.05) is 47.0 Å². The second kappa shape index (κ2) is 9.00. The minimum Gasteiger partial charge on any atom is -0.379 e. The molecule has 2 rings (SSSR count). The standard InChI is InChI=1S/C17H34N4O2.HI/c1-13(21-7-9-23-10-8-21)12-19-15(18-5)20-14-11-17(4,22-6)16(14,2)3;/h13-14H,7-12H2,1-6H3,(H2,18,19,20);1H. The van der Waals surface area contributed by atoms with Crippen molar-refractivity contribution in [2.45, 2.75) is 51.8 Å². The quantitative estimate of drug-likeness (QED) is 0.376. The third-order valence-corrected chi connectivity index (χ3v) is 6.05. The van der Waals surface area contributed by atoms with E-state index < -0.39 is 0 Å². The average Bonchev–Trinajstić information content (AvgIpc) is 2.57. The first-order valence-electron chi connectivity index (χ1n) is 8.68. The Morgan fingerprint density at radius 1 is 1.33 bits per heavy atom. The van der Waals surface area contributed by atoms with E-state index >= 15 is 0 Å². The van der Waals surface area contributed by atoms with Gasteiger partial charge in [-0.1, -0.05) is 13.8 Å². The maximum atomic E-state index is 5.69. The van der Waals surface area contributed by atoms with E-state index in [0.29, 0.717) is 12.1 Å². The fraction of sp³-hybridized carbons (Fsp3) is 0.941. The highest BCUT2D eigenvalue weighted by molar-refractivity contribution is 14.0. The molecule has 0 aromatic heterocycles. The summed E-state index contributed by atoms with van der Waals surface area (Å²) in [5.41, 5.74) is 0.0137. The predicted molar refractivity (Wildman–Crippen MR) is 109 cm³/mol. The molecule has 142 valence electrons. The molecular formula is C17H35IN4O2. The normalized spacial score (nSPS) is 31.6. The van der Waals surface area contributed by atoms with E-state index in [4.69, 9.17) is 9.47 Å². The largest absolute Gasteiger partial charge is 0.379 e. The van der Waals surface area contributed by atoms with Crippen LogP contribution in [-0.4, -0.2) is 75.5 Å². The first-order valence-corrected chi connectivity index (χ1v) is 8.68. The number of morpholine rings is 1. The maximum Gasteiger partial charge on any atom is 0.191 e. The van der Waals surface area contributed by atoms with Gasteiger partial charge in [0, 0.05) is 51.3 Å². The summed E-state index contributed by atoms with van der Waals surface area (Å²) in [7, 11) is 3.63. The van der Waals surface area contributed by atoms with Crippen molar-refractivity contribution < 1.29 is 9.47 Å². The summed E-state index contributed by atoms with van der Waals surface area (Å²) in [6, 6.07) is 0.841. The van der Waals surface area contributed by atoms with Crippen LogP contribution in [0.15, 0.2) is 4.99 Å². The van der Waals surface area contributed by atoms with Crippen LogP contribution in [0.1, 0.15) is 34.1 Å². The SMILES string of the molecule is CN=C(NCC(C)N1CCOCC1)NC1CC(C)(OC)C1(C)C.I. The molecule has 2 aliphatic rings. The molecule has 0 aromatic carbocycles. The van der Waals surface area contributed by atoms with Gasteiger partial charge in [-0.15, -0.1) is 24.0 Å². The Balaban J connectivity index is 0.00000288. The lowest BCUT2D eigenvalue weighted by Gasteiger charge is -2.59. The van der Waals surface area contributed by atoms with Crippen LogP contribution in [0.4, 0.5) is 0 Å². The molecule has 1 aliphatic heterocycles. The third kappa shape index (κ3) is 4.53. The van der Waals surface area contributed by atoms with E-state index in [2.05, 4.69) is 48.2 Å². The smallest absolute Gasteiger partial charge is 0.191 e. The van der Waals surface area contributed by atoms with E-state index in [1.54, 1.807) is 7.11 Å². The van der Waals surface area contributed by atoms with Gasteiger partial charge in [-0.2, -0.15) is 0 Å². The van der Waals surface area contributed by atoms with Crippen molar-refractivity contribution >= 4 is 29.9 Å². The van der Waals surface area contributed by atoms with Crippen LogP contribution in [0.25, 0.3) is 0 Å². The Morgan fingerprint density at radius 2 is 1.96 bits per heavy atom. The van der Waals surface area contributed by atoms with E-state index in [-0.39, 0.29) is 35.0 Å². The van der Waals surface area contributed by atoms with Crippen molar-refractivity contribution in [3.8, 4) is 0 Å². The van der Waals surface area contributed by atoms with Crippen LogP contribution < -0.4 is 10.6 Å². The fourth-order valence-corrected chi connectivity index (χ4v) is 3.47. The number of rotatable bonds is 5. The van der Waals surface area contributed by atoms with Gasteiger partial charge in [0.25, 0.3) is 0 Å². The molecule has 6 nitrogen and oxygen atoms in total. The lowest BCUT2D eigenvalue weighted by molar-refractivity contribution is -0.176. The Bertz CT molecular complexity index is 427. The maximum absolute atomic E-state index is 5.69. The molecule has 0 aromatic rings. The summed E-state index contributed by atoms with van der Waals surface area (Å²) < 4.78 is 11.1. The van der Waals surface area contributed by atoms with Gasteiger partial charge in [-0.3, -0.25) is 9.89 Å². The van der Waals surface area contributed by atoms with Crippen LogP contribution in [0.3, 0.4) is 0 Å². The molecule has 2 fully saturated rings. The summed E-state index contributed by atoms with van der Waals surface area (Å²) in [4.78, 5) is 6.83. The zero-order chi connectivity index (χ0) is 17.1. The molecule has 1 saturated heterocycles. The summed E-state index contributed by atoms with van der Waals surface area (Å²) >= 11 is 0. The highest BCUT2D eigenvalue weighted by atomic mass is 127. The fourth-order valence-electron chi connectivity index (χ4n) is 3.47. The van der Waals surface area contributed by atoms with Crippen molar-refractivity contribution in [3.05, 3.63) is 0 Å². The zero-order valence-electron chi connectivity index (χ0n) is 16.0. The van der Waals surface area contributed by atoms with Crippen molar-refractivity contribution in [1.82, 2.24) is 15.5 Å². The number of halogens is 1. The molecule has 0 amide bonds. The third-order valence-electron chi connectivity index (χ3n) is 6.05. The summed E-state index contributed by atoms with van der Waals surface area (Å²) in [6.45, 7) is 13.5. The van der Waals surface area contributed by atoms with Crippen LogP contribution >= 0.6 is 24.0 Å². The van der Waals surface area contributed by atoms with Crippen molar-refractivity contribution in [1.29, 1.82) is 0 Å². The molecule has 24 heavy (non-hydrogen) atoms. The van der Waals surface area contributed by atoms with Crippen LogP contribution in [0.5, 0.6) is 0 Å². The van der Waals surface area contributed by atoms with Gasteiger partial charge in [0.2, 0.25) is 0 Å². The lowest BCUT2D eigenvalue weighted by Crippen LogP contribution is -2.69. The Kier molecular flexibility index (Phi) is 8.22. The predicted octanol–water partition coefficient (Wildman–Crippen LogP) is 1.69. The molecule has 3 atom stereocenters. The molecular weight excluding hydrogens is 419 g/mol. The van der Waals surface area contributed by atoms with Crippen LogP contribution in [0.2, 0.25) is 0 Å². The van der Waals surface area contributed by atoms with Gasteiger partial charge in [0.1, 0.15) is 0 Å². The molecule has 1 aliphatic carbocycles. The molecule has 1 saturated carbocycles. The number of nitrogens with one attached hydrogen (secondary N) is 2. The number of hydrogen-bond acceptors (Lipinski definition) is 4. The van der Waals surface area contributed by atoms with Gasteiger partial charge in [0.15, 0.2) is 5.96 Å². The zero-order valence-corrected chi connectivity index (χ0v) is 18.3. The lowest BCUT2D eigenvalue weighted by atomic mass is 9.56. The molecule has 1 heterocycles. The second-order valence-corrected chi connectivity index (χ2v) is 7.51. The van der Waals surface area contributed by atoms with Crippen molar-refractivity contribution in [3.63, 3.8) is 0 Å². The number of guanidine groups is 1. The van der Waals surface area contributed by atoms with E-state index in [0.717, 1.165) is 45.2 Å². The molecule has 0 spiro atoms. The summed E-state index contributed by atoms with van der Waals surface area (Å²) in [5, 5.41) is 7.02. The number of aliphatic imine (C=N–C) groups is 1. The first kappa shape index (κ1) is 21.9. The summed E-state index contributed by atoms with van der Waals surface area (Å²) in [6.07, 6.45) is 0.996. The summed E-state index contributed by atoms with van der Waals surface area (Å²) in [5.74, 6) is 0.876. The molecule has 3 unspecified atom stereocenters. The van der Waals surface area contributed by atoms with E-state index in [1.165, 1.54) is 0 Å². The molecule has 7 heteroatoms. The van der Waals surface area contributed by atoms with Gasteiger partial charge >= 0.3 is 0 Å². The minimum absolute atomic E-state index is 0. The Labute approximate surface area is 164 Å². The number of methoxy groups -OCH3 is 1. The van der Waals surface area contributed by atoms with E-state index in [9.17, 15) is 0 Å². The number of ether oxygens (including phenoxy) is 2. The van der Waals surface area contributed by atoms with Gasteiger partial charge < -0.3 is 20.1 Å². The van der Waals surface area contributed by atoms with Crippen LogP contribution in [0, 0.1) is 5.41 Å². The number of nitrogens with zero attached hydrogens (tertiary/aromatic N) is 2. The average molecular weight is 454 g/mol. The van der Waals surface area contributed by atoms with Gasteiger partial charge in [-0.05, 0) is 20.3 Å². The number of hydrogen-bond donors (Lipinski definition) is 2. The molecule has 0 radical (unpaired) electrons. The monoisotopic (exact) mass is 454 g/mol. The topological polar surface area (TPSA) is 58.1 Å². The van der Waals surface area contributed by atoms with E-state index in [1.807, 2.05) is 7.05 Å². The van der Waals surface area contributed by atoms with Gasteiger partial charge in [-0.25, -0.2) is 0 Å². The van der Waals surface area contributed by atoms with Crippen molar-refractivity contribution in [2.24, 2.45) is 10.4 Å². The Morgan fingerprint density at radius 3 is 2.46 bits per heavy atom. The Hall–Kier alpha value is -0.120. The highest BCUT2D eigenvalue weighted by Crippen LogP contribution is 2.51. The van der Waals surface area contributed by atoms with Crippen LogP contribution in [-0.2, 0) is 9.47 Å². The molecule has 2 N–H and O–H groups in total. The second-order valence-electron chi connectivity index (χ2n) is 7.51.